The van der Waals surface area contributed by atoms with Gasteiger partial charge >= 0.3 is 5.97 Å². The molecule has 2 aromatic rings. The summed E-state index contributed by atoms with van der Waals surface area (Å²) in [5.74, 6) is -0.977. The van der Waals surface area contributed by atoms with Gasteiger partial charge in [0.25, 0.3) is 0 Å². The normalized spacial score (nSPS) is 10.9. The summed E-state index contributed by atoms with van der Waals surface area (Å²) < 4.78 is 0.897. The molecule has 1 aromatic carbocycles. The highest BCUT2D eigenvalue weighted by atomic mass is 32.1. The molecule has 0 saturated carbocycles. The van der Waals surface area contributed by atoms with Crippen LogP contribution in [0.25, 0.3) is 10.1 Å². The number of thiophene rings is 1. The van der Waals surface area contributed by atoms with Crippen molar-refractivity contribution in [2.24, 2.45) is 0 Å². The average Bonchev–Trinajstić information content (AvgIpc) is 2.79. The van der Waals surface area contributed by atoms with Gasteiger partial charge in [-0.2, -0.15) is 0 Å². The predicted octanol–water partition coefficient (Wildman–Crippen LogP) is 2.49. The van der Waals surface area contributed by atoms with E-state index in [2.05, 4.69) is 5.32 Å². The van der Waals surface area contributed by atoms with Crippen molar-refractivity contribution in [2.45, 2.75) is 6.42 Å². The van der Waals surface area contributed by atoms with E-state index >= 15 is 0 Å². The first-order valence-corrected chi connectivity index (χ1v) is 6.99. The summed E-state index contributed by atoms with van der Waals surface area (Å²) in [6.07, 6.45) is 0.426. The summed E-state index contributed by atoms with van der Waals surface area (Å²) in [7, 11) is 3.83. The van der Waals surface area contributed by atoms with E-state index < -0.39 is 5.97 Å². The second kappa shape index (κ2) is 6.02. The molecule has 2 N–H and O–H groups in total. The Bertz CT molecular complexity index is 649. The van der Waals surface area contributed by atoms with Crippen LogP contribution in [-0.2, 0) is 4.79 Å². The van der Waals surface area contributed by atoms with Crippen molar-refractivity contribution in [3.05, 3.63) is 29.1 Å². The van der Waals surface area contributed by atoms with E-state index in [1.165, 1.54) is 11.3 Å². The number of benzene rings is 1. The summed E-state index contributed by atoms with van der Waals surface area (Å²) in [4.78, 5) is 24.9. The van der Waals surface area contributed by atoms with Gasteiger partial charge in [-0.1, -0.05) is 0 Å². The second-order valence-corrected chi connectivity index (χ2v) is 5.85. The number of carbonyl (C=O) groups excluding carboxylic acids is 1. The number of aromatic carboxylic acids is 1. The first-order chi connectivity index (χ1) is 9.45. The molecule has 1 heterocycles. The Morgan fingerprint density at radius 3 is 2.70 bits per heavy atom. The maximum atomic E-state index is 11.7. The molecule has 106 valence electrons. The first-order valence-electron chi connectivity index (χ1n) is 6.17. The van der Waals surface area contributed by atoms with Crippen LogP contribution in [0.2, 0.25) is 0 Å². The molecular weight excluding hydrogens is 276 g/mol. The quantitative estimate of drug-likeness (QED) is 0.888. The van der Waals surface area contributed by atoms with Crippen LogP contribution in [0.4, 0.5) is 5.69 Å². The Morgan fingerprint density at radius 1 is 1.30 bits per heavy atom. The largest absolute Gasteiger partial charge is 0.477 e. The van der Waals surface area contributed by atoms with Gasteiger partial charge in [0.2, 0.25) is 5.91 Å². The third-order valence-corrected chi connectivity index (χ3v) is 3.90. The minimum absolute atomic E-state index is 0.0493. The fourth-order valence-electron chi connectivity index (χ4n) is 1.78. The van der Waals surface area contributed by atoms with Gasteiger partial charge in [0, 0.05) is 23.4 Å². The Morgan fingerprint density at radius 2 is 2.05 bits per heavy atom. The maximum Gasteiger partial charge on any atom is 0.345 e. The van der Waals surface area contributed by atoms with E-state index in [1.54, 1.807) is 18.2 Å². The van der Waals surface area contributed by atoms with Gasteiger partial charge in [0.05, 0.1) is 0 Å². The van der Waals surface area contributed by atoms with E-state index in [4.69, 9.17) is 5.11 Å². The van der Waals surface area contributed by atoms with Crippen molar-refractivity contribution in [1.29, 1.82) is 0 Å². The van der Waals surface area contributed by atoms with Gasteiger partial charge in [0.15, 0.2) is 0 Å². The molecule has 0 spiro atoms. The molecule has 1 aromatic heterocycles. The van der Waals surface area contributed by atoms with Crippen LogP contribution in [0, 0.1) is 0 Å². The zero-order chi connectivity index (χ0) is 14.7. The Balaban J connectivity index is 2.11. The van der Waals surface area contributed by atoms with E-state index in [1.807, 2.05) is 25.1 Å². The Kier molecular flexibility index (Phi) is 4.36. The number of carbonyl (C=O) groups is 2. The molecule has 0 bridgehead atoms. The predicted molar refractivity (Wildman–Crippen MR) is 80.6 cm³/mol. The zero-order valence-corrected chi connectivity index (χ0v) is 12.2. The minimum Gasteiger partial charge on any atom is -0.477 e. The third kappa shape index (κ3) is 3.55. The highest BCUT2D eigenvalue weighted by Crippen LogP contribution is 2.28. The molecule has 6 heteroatoms. The lowest BCUT2D eigenvalue weighted by Crippen LogP contribution is -2.20. The SMILES string of the molecule is CN(C)CCC(=O)Nc1ccc2sc(C(=O)O)cc2c1. The number of anilines is 1. The molecule has 0 unspecified atom stereocenters. The van der Waals surface area contributed by atoms with Crippen molar-refractivity contribution in [3.63, 3.8) is 0 Å². The average molecular weight is 292 g/mol. The van der Waals surface area contributed by atoms with Crippen molar-refractivity contribution >= 4 is 39.0 Å². The first kappa shape index (κ1) is 14.5. The lowest BCUT2D eigenvalue weighted by atomic mass is 10.2. The summed E-state index contributed by atoms with van der Waals surface area (Å²) in [6, 6.07) is 7.04. The van der Waals surface area contributed by atoms with Crippen LogP contribution in [0.3, 0.4) is 0 Å². The van der Waals surface area contributed by atoms with E-state index in [-0.39, 0.29) is 5.91 Å². The number of carboxylic acids is 1. The van der Waals surface area contributed by atoms with Gasteiger partial charge < -0.3 is 15.3 Å². The molecule has 0 atom stereocenters. The molecule has 20 heavy (non-hydrogen) atoms. The number of carboxylic acid groups (broad SMARTS) is 1. The molecule has 0 aliphatic carbocycles. The number of nitrogens with zero attached hydrogens (tertiary/aromatic N) is 1. The second-order valence-electron chi connectivity index (χ2n) is 4.77. The minimum atomic E-state index is -0.928. The highest BCUT2D eigenvalue weighted by Gasteiger charge is 2.09. The van der Waals surface area contributed by atoms with Gasteiger partial charge in [-0.3, -0.25) is 4.79 Å². The van der Waals surface area contributed by atoms with Crippen molar-refractivity contribution in [1.82, 2.24) is 4.90 Å². The molecule has 2 rings (SSSR count). The van der Waals surface area contributed by atoms with E-state index in [0.29, 0.717) is 23.5 Å². The van der Waals surface area contributed by atoms with Crippen LogP contribution in [0.1, 0.15) is 16.1 Å². The van der Waals surface area contributed by atoms with Crippen molar-refractivity contribution in [2.75, 3.05) is 26.0 Å². The molecule has 0 radical (unpaired) electrons. The van der Waals surface area contributed by atoms with Crippen LogP contribution in [-0.4, -0.2) is 42.5 Å². The third-order valence-electron chi connectivity index (χ3n) is 2.80. The Labute approximate surface area is 120 Å². The standard InChI is InChI=1S/C14H16N2O3S/c1-16(2)6-5-13(17)15-10-3-4-11-9(7-10)8-12(20-11)14(18)19/h3-4,7-8H,5-6H2,1-2H3,(H,15,17)(H,18,19). The molecule has 0 aliphatic heterocycles. The highest BCUT2D eigenvalue weighted by molar-refractivity contribution is 7.20. The maximum absolute atomic E-state index is 11.7. The van der Waals surface area contributed by atoms with Crippen LogP contribution in [0.5, 0.6) is 0 Å². The smallest absolute Gasteiger partial charge is 0.345 e. The van der Waals surface area contributed by atoms with E-state index in [9.17, 15) is 9.59 Å². The fourth-order valence-corrected chi connectivity index (χ4v) is 2.66. The molecule has 5 nitrogen and oxygen atoms in total. The monoisotopic (exact) mass is 292 g/mol. The van der Waals surface area contributed by atoms with Crippen LogP contribution < -0.4 is 5.32 Å². The molecule has 0 saturated heterocycles. The summed E-state index contributed by atoms with van der Waals surface area (Å²) >= 11 is 1.23. The number of hydrogen-bond acceptors (Lipinski definition) is 4. The van der Waals surface area contributed by atoms with Gasteiger partial charge in [-0.25, -0.2) is 4.79 Å². The van der Waals surface area contributed by atoms with E-state index in [0.717, 1.165) is 10.1 Å². The van der Waals surface area contributed by atoms with Crippen molar-refractivity contribution < 1.29 is 14.7 Å². The summed E-state index contributed by atoms with van der Waals surface area (Å²) in [6.45, 7) is 0.690. The lowest BCUT2D eigenvalue weighted by Gasteiger charge is -2.09. The van der Waals surface area contributed by atoms with Crippen molar-refractivity contribution in [3.8, 4) is 0 Å². The van der Waals surface area contributed by atoms with Gasteiger partial charge in [-0.05, 0) is 43.7 Å². The molecular formula is C14H16N2O3S. The zero-order valence-electron chi connectivity index (χ0n) is 11.3. The number of rotatable bonds is 5. The van der Waals surface area contributed by atoms with Crippen LogP contribution in [0.15, 0.2) is 24.3 Å². The molecule has 1 amide bonds. The molecule has 0 fully saturated rings. The number of fused-ring (bicyclic) bond motifs is 1. The summed E-state index contributed by atoms with van der Waals surface area (Å²) in [5, 5.41) is 12.6. The molecule has 0 aliphatic rings. The Hall–Kier alpha value is -1.92. The van der Waals surface area contributed by atoms with Gasteiger partial charge in [-0.15, -0.1) is 11.3 Å². The van der Waals surface area contributed by atoms with Crippen LogP contribution >= 0.6 is 11.3 Å². The topological polar surface area (TPSA) is 69.6 Å². The number of nitrogens with one attached hydrogen (secondary N) is 1. The lowest BCUT2D eigenvalue weighted by molar-refractivity contribution is -0.116. The summed E-state index contributed by atoms with van der Waals surface area (Å²) in [5.41, 5.74) is 0.691. The van der Waals surface area contributed by atoms with Gasteiger partial charge in [0.1, 0.15) is 4.88 Å². The fraction of sp³-hybridized carbons (Fsp3) is 0.286. The number of amides is 1. The number of hydrogen-bond donors (Lipinski definition) is 2.